The minimum Gasteiger partial charge on any atom is -0.325 e. The Morgan fingerprint density at radius 2 is 1.89 bits per heavy atom. The zero-order valence-electron chi connectivity index (χ0n) is 9.38. The summed E-state index contributed by atoms with van der Waals surface area (Å²) in [6, 6.07) is 5.89. The molecule has 0 saturated carbocycles. The standard InChI is InChI=1S/C12H9F3N2O/c1-8(18)17-11(6-7-16)9-2-4-10(5-3-9)12(13,14)15/h2-6H,1H3,(H,17,18)/b11-6-. The number of benzene rings is 1. The van der Waals surface area contributed by atoms with Gasteiger partial charge in [0.05, 0.1) is 17.3 Å². The van der Waals surface area contributed by atoms with Crippen LogP contribution in [-0.4, -0.2) is 5.91 Å². The first-order chi connectivity index (χ1) is 8.34. The molecule has 1 rings (SSSR count). The third-order valence-electron chi connectivity index (χ3n) is 2.04. The minimum atomic E-state index is -4.41. The predicted molar refractivity (Wildman–Crippen MR) is 58.9 cm³/mol. The number of allylic oxidation sites excluding steroid dienone is 1. The van der Waals surface area contributed by atoms with Crippen LogP contribution in [0.25, 0.3) is 5.70 Å². The fourth-order valence-corrected chi connectivity index (χ4v) is 1.28. The number of hydrogen-bond donors (Lipinski definition) is 1. The van der Waals surface area contributed by atoms with Crippen LogP contribution in [-0.2, 0) is 11.0 Å². The van der Waals surface area contributed by atoms with Crippen molar-refractivity contribution in [3.63, 3.8) is 0 Å². The molecule has 0 fully saturated rings. The van der Waals surface area contributed by atoms with Crippen LogP contribution >= 0.6 is 0 Å². The second-order valence-electron chi connectivity index (χ2n) is 3.44. The topological polar surface area (TPSA) is 52.9 Å². The summed E-state index contributed by atoms with van der Waals surface area (Å²) in [5, 5.41) is 10.9. The lowest BCUT2D eigenvalue weighted by atomic mass is 10.1. The maximum Gasteiger partial charge on any atom is 0.416 e. The van der Waals surface area contributed by atoms with Crippen molar-refractivity contribution in [1.29, 1.82) is 5.26 Å². The van der Waals surface area contributed by atoms with Crippen LogP contribution in [0.2, 0.25) is 0 Å². The van der Waals surface area contributed by atoms with Crippen LogP contribution < -0.4 is 5.32 Å². The van der Waals surface area contributed by atoms with Gasteiger partial charge in [-0.15, -0.1) is 0 Å². The zero-order chi connectivity index (χ0) is 13.8. The Balaban J connectivity index is 3.06. The monoisotopic (exact) mass is 254 g/mol. The number of nitrogens with one attached hydrogen (secondary N) is 1. The maximum absolute atomic E-state index is 12.3. The minimum absolute atomic E-state index is 0.165. The van der Waals surface area contributed by atoms with Gasteiger partial charge in [0.1, 0.15) is 0 Å². The quantitative estimate of drug-likeness (QED) is 0.825. The molecule has 0 atom stereocenters. The van der Waals surface area contributed by atoms with Crippen molar-refractivity contribution in [3.05, 3.63) is 41.5 Å². The van der Waals surface area contributed by atoms with Crippen LogP contribution in [0.1, 0.15) is 18.1 Å². The van der Waals surface area contributed by atoms with Gasteiger partial charge in [-0.2, -0.15) is 18.4 Å². The van der Waals surface area contributed by atoms with Crippen molar-refractivity contribution < 1.29 is 18.0 Å². The molecule has 1 N–H and O–H groups in total. The van der Waals surface area contributed by atoms with E-state index in [-0.39, 0.29) is 5.70 Å². The van der Waals surface area contributed by atoms with Gasteiger partial charge in [0, 0.05) is 13.0 Å². The second-order valence-corrected chi connectivity index (χ2v) is 3.44. The van der Waals surface area contributed by atoms with E-state index in [1.165, 1.54) is 19.1 Å². The van der Waals surface area contributed by atoms with E-state index < -0.39 is 17.6 Å². The van der Waals surface area contributed by atoms with Gasteiger partial charge >= 0.3 is 6.18 Å². The number of halogens is 3. The Morgan fingerprint density at radius 1 is 1.33 bits per heavy atom. The molecule has 0 aromatic heterocycles. The molecule has 0 unspecified atom stereocenters. The molecule has 0 aliphatic carbocycles. The summed E-state index contributed by atoms with van der Waals surface area (Å²) in [7, 11) is 0. The zero-order valence-corrected chi connectivity index (χ0v) is 9.38. The largest absolute Gasteiger partial charge is 0.416 e. The van der Waals surface area contributed by atoms with Crippen LogP contribution in [0.3, 0.4) is 0 Å². The summed E-state index contributed by atoms with van der Waals surface area (Å²) in [5.41, 5.74) is -0.288. The summed E-state index contributed by atoms with van der Waals surface area (Å²) in [5.74, 6) is -0.406. The van der Waals surface area contributed by atoms with Crippen molar-refractivity contribution in [1.82, 2.24) is 5.32 Å². The third kappa shape index (κ3) is 3.63. The van der Waals surface area contributed by atoms with Crippen LogP contribution in [0.5, 0.6) is 0 Å². The van der Waals surface area contributed by atoms with Crippen LogP contribution in [0, 0.1) is 11.3 Å². The molecular weight excluding hydrogens is 245 g/mol. The van der Waals surface area contributed by atoms with Gasteiger partial charge in [-0.05, 0) is 17.7 Å². The lowest BCUT2D eigenvalue weighted by Crippen LogP contribution is -2.18. The molecule has 94 valence electrons. The van der Waals surface area contributed by atoms with Crippen molar-refractivity contribution >= 4 is 11.6 Å². The summed E-state index contributed by atoms with van der Waals surface area (Å²) < 4.78 is 37.0. The average molecular weight is 254 g/mol. The van der Waals surface area contributed by atoms with Crippen molar-refractivity contribution in [2.45, 2.75) is 13.1 Å². The first-order valence-corrected chi connectivity index (χ1v) is 4.89. The Hall–Kier alpha value is -2.29. The van der Waals surface area contributed by atoms with E-state index >= 15 is 0 Å². The summed E-state index contributed by atoms with van der Waals surface area (Å²) in [6.07, 6.45) is -3.35. The third-order valence-corrected chi connectivity index (χ3v) is 2.04. The highest BCUT2D eigenvalue weighted by molar-refractivity contribution is 5.85. The Morgan fingerprint density at radius 3 is 2.28 bits per heavy atom. The van der Waals surface area contributed by atoms with Gasteiger partial charge in [0.25, 0.3) is 0 Å². The van der Waals surface area contributed by atoms with Crippen molar-refractivity contribution in [2.24, 2.45) is 0 Å². The van der Waals surface area contributed by atoms with Gasteiger partial charge in [0.2, 0.25) is 5.91 Å². The number of nitriles is 1. The fraction of sp³-hybridized carbons (Fsp3) is 0.167. The van der Waals surface area contributed by atoms with E-state index in [2.05, 4.69) is 5.32 Å². The normalized spacial score (nSPS) is 11.8. The molecule has 0 radical (unpaired) electrons. The van der Waals surface area contributed by atoms with Crippen LogP contribution in [0.15, 0.2) is 30.3 Å². The number of amides is 1. The number of carbonyl (C=O) groups excluding carboxylic acids is 1. The molecule has 0 aliphatic heterocycles. The molecule has 0 spiro atoms. The molecule has 6 heteroatoms. The number of alkyl halides is 3. The first-order valence-electron chi connectivity index (χ1n) is 4.89. The molecule has 0 heterocycles. The van der Waals surface area contributed by atoms with E-state index in [0.29, 0.717) is 5.56 Å². The van der Waals surface area contributed by atoms with E-state index in [1.807, 2.05) is 0 Å². The molecule has 1 aromatic rings. The molecule has 0 saturated heterocycles. The van der Waals surface area contributed by atoms with E-state index in [0.717, 1.165) is 18.2 Å². The molecule has 0 aliphatic rings. The van der Waals surface area contributed by atoms with Crippen molar-refractivity contribution in [2.75, 3.05) is 0 Å². The molecule has 1 amide bonds. The fourth-order valence-electron chi connectivity index (χ4n) is 1.28. The average Bonchev–Trinajstić information content (AvgIpc) is 2.27. The second kappa shape index (κ2) is 5.36. The highest BCUT2D eigenvalue weighted by Crippen LogP contribution is 2.29. The maximum atomic E-state index is 12.3. The smallest absolute Gasteiger partial charge is 0.325 e. The van der Waals surface area contributed by atoms with Gasteiger partial charge in [-0.25, -0.2) is 0 Å². The number of carbonyl (C=O) groups is 1. The van der Waals surface area contributed by atoms with Gasteiger partial charge in [-0.3, -0.25) is 4.79 Å². The number of hydrogen-bond acceptors (Lipinski definition) is 2. The Labute approximate surface area is 102 Å². The summed E-state index contributed by atoms with van der Waals surface area (Å²) in [6.45, 7) is 1.25. The SMILES string of the molecule is CC(=O)N/C(=C\C#N)c1ccc(C(F)(F)F)cc1. The number of nitrogens with zero attached hydrogens (tertiary/aromatic N) is 1. The summed E-state index contributed by atoms with van der Waals surface area (Å²) in [4.78, 5) is 10.9. The lowest BCUT2D eigenvalue weighted by molar-refractivity contribution is -0.137. The van der Waals surface area contributed by atoms with Gasteiger partial charge in [-0.1, -0.05) is 12.1 Å². The molecule has 3 nitrogen and oxygen atoms in total. The highest BCUT2D eigenvalue weighted by atomic mass is 19.4. The van der Waals surface area contributed by atoms with E-state index in [1.54, 1.807) is 6.07 Å². The summed E-state index contributed by atoms with van der Waals surface area (Å²) >= 11 is 0. The highest BCUT2D eigenvalue weighted by Gasteiger charge is 2.30. The van der Waals surface area contributed by atoms with Crippen molar-refractivity contribution in [3.8, 4) is 6.07 Å². The predicted octanol–water partition coefficient (Wildman–Crippen LogP) is 2.71. The first kappa shape index (κ1) is 13.8. The van der Waals surface area contributed by atoms with E-state index in [4.69, 9.17) is 5.26 Å². The molecule has 1 aromatic carbocycles. The molecular formula is C12H9F3N2O. The van der Waals surface area contributed by atoms with Gasteiger partial charge in [0.15, 0.2) is 0 Å². The number of rotatable bonds is 2. The Kier molecular flexibility index (Phi) is 4.10. The Bertz CT molecular complexity index is 510. The van der Waals surface area contributed by atoms with E-state index in [9.17, 15) is 18.0 Å². The lowest BCUT2D eigenvalue weighted by Gasteiger charge is -2.10. The molecule has 0 bridgehead atoms. The molecule has 18 heavy (non-hydrogen) atoms. The van der Waals surface area contributed by atoms with Gasteiger partial charge < -0.3 is 5.32 Å². The van der Waals surface area contributed by atoms with Crippen LogP contribution in [0.4, 0.5) is 13.2 Å².